The van der Waals surface area contributed by atoms with E-state index in [1.54, 1.807) is 26.0 Å². The third kappa shape index (κ3) is 5.58. The molecule has 0 bridgehead atoms. The van der Waals surface area contributed by atoms with Gasteiger partial charge in [0.15, 0.2) is 0 Å². The lowest BCUT2D eigenvalue weighted by Gasteiger charge is -2.24. The first-order valence-electron chi connectivity index (χ1n) is 9.11. The van der Waals surface area contributed by atoms with Gasteiger partial charge in [0, 0.05) is 6.54 Å². The molecule has 0 unspecified atom stereocenters. The fourth-order valence-corrected chi connectivity index (χ4v) is 2.53. The van der Waals surface area contributed by atoms with Crippen molar-refractivity contribution >= 4 is 17.5 Å². The van der Waals surface area contributed by atoms with Crippen LogP contribution in [-0.4, -0.2) is 17.9 Å². The van der Waals surface area contributed by atoms with Crippen LogP contribution in [0.1, 0.15) is 38.8 Å². The molecule has 0 saturated heterocycles. The molecule has 0 spiro atoms. The molecule has 5 heteroatoms. The number of benzene rings is 2. The van der Waals surface area contributed by atoms with Crippen molar-refractivity contribution in [3.8, 4) is 5.75 Å². The van der Waals surface area contributed by atoms with Gasteiger partial charge in [0.25, 0.3) is 0 Å². The zero-order chi connectivity index (χ0) is 20.0. The van der Waals surface area contributed by atoms with E-state index >= 15 is 0 Å². The molecular weight excluding hydrogens is 340 g/mol. The number of nitrogens with one attached hydrogen (secondary N) is 2. The Morgan fingerprint density at radius 3 is 2.41 bits per heavy atom. The van der Waals surface area contributed by atoms with Gasteiger partial charge in [0.2, 0.25) is 11.8 Å². The molecule has 2 aromatic carbocycles. The molecule has 0 heterocycles. The number of hydrogen-bond acceptors (Lipinski definition) is 3. The first-order chi connectivity index (χ1) is 12.7. The fraction of sp³-hybridized carbons (Fsp3) is 0.364. The molecule has 27 heavy (non-hydrogen) atoms. The van der Waals surface area contributed by atoms with E-state index in [-0.39, 0.29) is 17.9 Å². The van der Waals surface area contributed by atoms with Crippen LogP contribution in [0.25, 0.3) is 0 Å². The monoisotopic (exact) mass is 368 g/mol. The number of aryl methyl sites for hydroxylation is 1. The minimum absolute atomic E-state index is 0.0197. The van der Waals surface area contributed by atoms with Crippen molar-refractivity contribution in [1.82, 2.24) is 5.32 Å². The second kappa shape index (κ2) is 8.71. The van der Waals surface area contributed by atoms with Crippen molar-refractivity contribution in [3.05, 3.63) is 59.7 Å². The molecule has 0 fully saturated rings. The van der Waals surface area contributed by atoms with Crippen LogP contribution in [0.3, 0.4) is 0 Å². The first-order valence-corrected chi connectivity index (χ1v) is 9.11. The van der Waals surface area contributed by atoms with Crippen LogP contribution in [0.2, 0.25) is 0 Å². The van der Waals surface area contributed by atoms with Crippen molar-refractivity contribution in [3.63, 3.8) is 0 Å². The minimum Gasteiger partial charge on any atom is -0.489 e. The van der Waals surface area contributed by atoms with Gasteiger partial charge in [-0.15, -0.1) is 0 Å². The predicted octanol–water partition coefficient (Wildman–Crippen LogP) is 4.06. The second-order valence-corrected chi connectivity index (χ2v) is 7.41. The Morgan fingerprint density at radius 1 is 1.04 bits per heavy atom. The van der Waals surface area contributed by atoms with Crippen LogP contribution < -0.4 is 15.4 Å². The largest absolute Gasteiger partial charge is 0.489 e. The Bertz CT molecular complexity index is 813. The van der Waals surface area contributed by atoms with Gasteiger partial charge in [0.1, 0.15) is 11.2 Å². The normalized spacial score (nSPS) is 11.2. The molecule has 0 atom stereocenters. The van der Waals surface area contributed by atoms with Gasteiger partial charge in [-0.3, -0.25) is 9.59 Å². The highest BCUT2D eigenvalue weighted by Crippen LogP contribution is 2.27. The Kier molecular flexibility index (Phi) is 6.61. The molecule has 5 nitrogen and oxygen atoms in total. The number of rotatable bonds is 7. The maximum absolute atomic E-state index is 12.8. The summed E-state index contributed by atoms with van der Waals surface area (Å²) in [6.07, 6.45) is -0.0197. The molecule has 0 radical (unpaired) electrons. The van der Waals surface area contributed by atoms with E-state index in [0.29, 0.717) is 18.0 Å². The van der Waals surface area contributed by atoms with E-state index in [1.165, 1.54) is 0 Å². The number of anilines is 1. The van der Waals surface area contributed by atoms with Crippen LogP contribution in [0, 0.1) is 12.3 Å². The van der Waals surface area contributed by atoms with E-state index in [0.717, 1.165) is 11.1 Å². The Balaban J connectivity index is 2.05. The lowest BCUT2D eigenvalue weighted by atomic mass is 9.90. The molecule has 0 aliphatic heterocycles. The molecule has 2 aromatic rings. The Morgan fingerprint density at radius 2 is 1.74 bits per heavy atom. The zero-order valence-corrected chi connectivity index (χ0v) is 16.6. The standard InChI is InChI=1S/C22H28N2O3/c1-15(2)27-19-12-7-6-11-18(19)24-21(26)22(4,5)20(25)23-14-17-10-8-9-16(3)13-17/h6-13,15H,14H2,1-5H3,(H,23,25)(H,24,26). The summed E-state index contributed by atoms with van der Waals surface area (Å²) >= 11 is 0. The maximum atomic E-state index is 12.8. The molecule has 2 N–H and O–H groups in total. The van der Waals surface area contributed by atoms with Crippen LogP contribution >= 0.6 is 0 Å². The third-order valence-electron chi connectivity index (χ3n) is 4.17. The topological polar surface area (TPSA) is 67.4 Å². The van der Waals surface area contributed by atoms with Crippen LogP contribution in [-0.2, 0) is 16.1 Å². The zero-order valence-electron chi connectivity index (χ0n) is 16.6. The summed E-state index contributed by atoms with van der Waals surface area (Å²) in [7, 11) is 0. The summed E-state index contributed by atoms with van der Waals surface area (Å²) in [5, 5.41) is 5.67. The van der Waals surface area contributed by atoms with Gasteiger partial charge < -0.3 is 15.4 Å². The van der Waals surface area contributed by atoms with Gasteiger partial charge in [-0.25, -0.2) is 0 Å². The summed E-state index contributed by atoms with van der Waals surface area (Å²) in [4.78, 5) is 25.4. The Labute approximate surface area is 161 Å². The van der Waals surface area contributed by atoms with Crippen molar-refractivity contribution < 1.29 is 14.3 Å². The van der Waals surface area contributed by atoms with E-state index < -0.39 is 5.41 Å². The summed E-state index contributed by atoms with van der Waals surface area (Å²) in [5.74, 6) is -0.135. The van der Waals surface area contributed by atoms with Crippen LogP contribution in [0.5, 0.6) is 5.75 Å². The number of carbonyl (C=O) groups excluding carboxylic acids is 2. The lowest BCUT2D eigenvalue weighted by molar-refractivity contribution is -0.138. The number of amides is 2. The first kappa shape index (κ1) is 20.5. The molecular formula is C22H28N2O3. The average molecular weight is 368 g/mol. The molecule has 0 aliphatic rings. The van der Waals surface area contributed by atoms with Crippen LogP contribution in [0.15, 0.2) is 48.5 Å². The molecule has 2 rings (SSSR count). The van der Waals surface area contributed by atoms with E-state index in [1.807, 2.05) is 57.2 Å². The SMILES string of the molecule is Cc1cccc(CNC(=O)C(C)(C)C(=O)Nc2ccccc2OC(C)C)c1. The van der Waals surface area contributed by atoms with Crippen molar-refractivity contribution in [1.29, 1.82) is 0 Å². The Hall–Kier alpha value is -2.82. The van der Waals surface area contributed by atoms with Gasteiger partial charge in [-0.1, -0.05) is 42.0 Å². The summed E-state index contributed by atoms with van der Waals surface area (Å²) < 4.78 is 5.72. The highest BCUT2D eigenvalue weighted by Gasteiger charge is 2.36. The highest BCUT2D eigenvalue weighted by atomic mass is 16.5. The summed E-state index contributed by atoms with van der Waals surface area (Å²) in [6, 6.07) is 15.1. The van der Waals surface area contributed by atoms with Crippen molar-refractivity contribution in [2.24, 2.45) is 5.41 Å². The quantitative estimate of drug-likeness (QED) is 0.724. The number of hydrogen-bond donors (Lipinski definition) is 2. The van der Waals surface area contributed by atoms with Gasteiger partial charge in [-0.05, 0) is 52.3 Å². The summed E-state index contributed by atoms with van der Waals surface area (Å²) in [6.45, 7) is 9.44. The van der Waals surface area contributed by atoms with E-state index in [4.69, 9.17) is 4.74 Å². The lowest BCUT2D eigenvalue weighted by Crippen LogP contribution is -2.44. The minimum atomic E-state index is -1.23. The molecule has 0 aromatic heterocycles. The number of para-hydroxylation sites is 2. The molecule has 2 amide bonds. The molecule has 0 saturated carbocycles. The highest BCUT2D eigenvalue weighted by molar-refractivity contribution is 6.10. The number of ether oxygens (including phenoxy) is 1. The van der Waals surface area contributed by atoms with Crippen molar-refractivity contribution in [2.75, 3.05) is 5.32 Å². The number of carbonyl (C=O) groups is 2. The van der Waals surface area contributed by atoms with Gasteiger partial charge >= 0.3 is 0 Å². The van der Waals surface area contributed by atoms with Gasteiger partial charge in [0.05, 0.1) is 11.8 Å². The van der Waals surface area contributed by atoms with Crippen LogP contribution in [0.4, 0.5) is 5.69 Å². The predicted molar refractivity (Wildman–Crippen MR) is 108 cm³/mol. The smallest absolute Gasteiger partial charge is 0.239 e. The van der Waals surface area contributed by atoms with E-state index in [2.05, 4.69) is 10.6 Å². The second-order valence-electron chi connectivity index (χ2n) is 7.41. The third-order valence-corrected chi connectivity index (χ3v) is 4.17. The molecule has 0 aliphatic carbocycles. The average Bonchev–Trinajstić information content (AvgIpc) is 2.60. The van der Waals surface area contributed by atoms with Gasteiger partial charge in [-0.2, -0.15) is 0 Å². The maximum Gasteiger partial charge on any atom is 0.239 e. The summed E-state index contributed by atoms with van der Waals surface area (Å²) in [5.41, 5.74) is 1.45. The van der Waals surface area contributed by atoms with Crippen molar-refractivity contribution in [2.45, 2.75) is 47.3 Å². The van der Waals surface area contributed by atoms with E-state index in [9.17, 15) is 9.59 Å². The molecule has 144 valence electrons. The fourth-order valence-electron chi connectivity index (χ4n) is 2.53.